The molecule has 112 valence electrons. The third kappa shape index (κ3) is 4.60. The van der Waals surface area contributed by atoms with Crippen LogP contribution in [-0.2, 0) is 0 Å². The second-order valence-electron chi connectivity index (χ2n) is 6.97. The molecule has 1 aromatic rings. The Kier molecular flexibility index (Phi) is 5.62. The van der Waals surface area contributed by atoms with Gasteiger partial charge in [0.1, 0.15) is 0 Å². The molecule has 1 unspecified atom stereocenters. The molecule has 1 heterocycles. The summed E-state index contributed by atoms with van der Waals surface area (Å²) in [5, 5.41) is 3.57. The Morgan fingerprint density at radius 3 is 2.70 bits per heavy atom. The van der Waals surface area contributed by atoms with E-state index in [4.69, 9.17) is 0 Å². The number of hydrogen-bond acceptors (Lipinski definition) is 2. The average Bonchev–Trinajstić information content (AvgIpc) is 2.87. The van der Waals surface area contributed by atoms with Crippen LogP contribution in [0.1, 0.15) is 45.1 Å². The van der Waals surface area contributed by atoms with Crippen LogP contribution in [0.5, 0.6) is 0 Å². The van der Waals surface area contributed by atoms with E-state index in [1.165, 1.54) is 38.0 Å². The fourth-order valence-electron chi connectivity index (χ4n) is 3.24. The van der Waals surface area contributed by atoms with Crippen LogP contribution < -0.4 is 5.32 Å². The summed E-state index contributed by atoms with van der Waals surface area (Å²) in [5.41, 5.74) is 1.87. The molecule has 0 bridgehead atoms. The van der Waals surface area contributed by atoms with Crippen molar-refractivity contribution in [2.24, 2.45) is 5.41 Å². The van der Waals surface area contributed by atoms with Gasteiger partial charge in [-0.15, -0.1) is 0 Å². The molecule has 2 heteroatoms. The zero-order valence-electron chi connectivity index (χ0n) is 13.4. The first-order chi connectivity index (χ1) is 9.61. The molecule has 0 saturated carbocycles. The summed E-state index contributed by atoms with van der Waals surface area (Å²) in [4.78, 5) is 2.64. The Labute approximate surface area is 124 Å². The van der Waals surface area contributed by atoms with Crippen LogP contribution >= 0.6 is 0 Å². The van der Waals surface area contributed by atoms with Gasteiger partial charge in [-0.1, -0.05) is 51.1 Å². The van der Waals surface area contributed by atoms with Crippen LogP contribution in [0.3, 0.4) is 0 Å². The van der Waals surface area contributed by atoms with Gasteiger partial charge in [-0.2, -0.15) is 0 Å². The standard InChI is InChI=1S/C18H30N2/c1-4-11-19-14-18(2,3)15-20-12-10-17(13-20)16-8-6-5-7-9-16/h5-9,17,19H,4,10-15H2,1-3H3. The number of nitrogens with one attached hydrogen (secondary N) is 1. The van der Waals surface area contributed by atoms with E-state index in [9.17, 15) is 0 Å². The quantitative estimate of drug-likeness (QED) is 0.766. The fourth-order valence-corrected chi connectivity index (χ4v) is 3.24. The van der Waals surface area contributed by atoms with Crippen molar-refractivity contribution in [1.29, 1.82) is 0 Å². The summed E-state index contributed by atoms with van der Waals surface area (Å²) in [6.07, 6.45) is 2.53. The summed E-state index contributed by atoms with van der Waals surface area (Å²) in [5.74, 6) is 0.732. The number of hydrogen-bond donors (Lipinski definition) is 1. The van der Waals surface area contributed by atoms with Crippen molar-refractivity contribution in [3.05, 3.63) is 35.9 Å². The molecular formula is C18H30N2. The van der Waals surface area contributed by atoms with Crippen molar-refractivity contribution in [3.8, 4) is 0 Å². The first-order valence-electron chi connectivity index (χ1n) is 8.09. The molecule has 1 aliphatic heterocycles. The van der Waals surface area contributed by atoms with Crippen LogP contribution in [0.4, 0.5) is 0 Å². The molecule has 0 radical (unpaired) electrons. The number of nitrogens with zero attached hydrogens (tertiary/aromatic N) is 1. The Morgan fingerprint density at radius 1 is 1.25 bits per heavy atom. The minimum Gasteiger partial charge on any atom is -0.316 e. The first kappa shape index (κ1) is 15.5. The lowest BCUT2D eigenvalue weighted by atomic mass is 9.92. The molecule has 1 saturated heterocycles. The van der Waals surface area contributed by atoms with Gasteiger partial charge in [0.15, 0.2) is 0 Å². The van der Waals surface area contributed by atoms with Crippen molar-refractivity contribution in [1.82, 2.24) is 10.2 Å². The summed E-state index contributed by atoms with van der Waals surface area (Å²) in [6, 6.07) is 11.0. The molecule has 2 nitrogen and oxygen atoms in total. The van der Waals surface area contributed by atoms with E-state index < -0.39 is 0 Å². The number of rotatable bonds is 7. The molecule has 1 N–H and O–H groups in total. The van der Waals surface area contributed by atoms with Crippen LogP contribution in [0.15, 0.2) is 30.3 Å². The predicted octanol–water partition coefficient (Wildman–Crippen LogP) is 3.50. The van der Waals surface area contributed by atoms with Gasteiger partial charge >= 0.3 is 0 Å². The smallest absolute Gasteiger partial charge is 0.00510 e. The van der Waals surface area contributed by atoms with Gasteiger partial charge < -0.3 is 10.2 Å². The van der Waals surface area contributed by atoms with E-state index in [0.29, 0.717) is 5.41 Å². The topological polar surface area (TPSA) is 15.3 Å². The van der Waals surface area contributed by atoms with Crippen LogP contribution in [-0.4, -0.2) is 37.6 Å². The molecule has 0 amide bonds. The van der Waals surface area contributed by atoms with Crippen molar-refractivity contribution in [2.45, 2.75) is 39.5 Å². The highest BCUT2D eigenvalue weighted by atomic mass is 15.2. The van der Waals surface area contributed by atoms with E-state index >= 15 is 0 Å². The molecule has 1 aromatic carbocycles. The molecule has 1 atom stereocenters. The maximum Gasteiger partial charge on any atom is 0.00510 e. The minimum atomic E-state index is 0.362. The maximum absolute atomic E-state index is 3.57. The SMILES string of the molecule is CCCNCC(C)(C)CN1CCC(c2ccccc2)C1. The molecule has 0 aromatic heterocycles. The molecule has 20 heavy (non-hydrogen) atoms. The van der Waals surface area contributed by atoms with Crippen LogP contribution in [0.25, 0.3) is 0 Å². The molecule has 0 aliphatic carbocycles. The molecule has 2 rings (SSSR count). The lowest BCUT2D eigenvalue weighted by molar-refractivity contribution is 0.202. The van der Waals surface area contributed by atoms with Gasteiger partial charge in [-0.3, -0.25) is 0 Å². The monoisotopic (exact) mass is 274 g/mol. The summed E-state index contributed by atoms with van der Waals surface area (Å²) in [6.45, 7) is 12.9. The molecular weight excluding hydrogens is 244 g/mol. The van der Waals surface area contributed by atoms with Crippen LogP contribution in [0.2, 0.25) is 0 Å². The van der Waals surface area contributed by atoms with Crippen molar-refractivity contribution < 1.29 is 0 Å². The van der Waals surface area contributed by atoms with Gasteiger partial charge in [0.2, 0.25) is 0 Å². The second kappa shape index (κ2) is 7.24. The number of benzene rings is 1. The Hall–Kier alpha value is -0.860. The Bertz CT molecular complexity index is 386. The van der Waals surface area contributed by atoms with E-state index in [2.05, 4.69) is 61.3 Å². The lowest BCUT2D eigenvalue weighted by Gasteiger charge is -2.30. The summed E-state index contributed by atoms with van der Waals surface area (Å²) >= 11 is 0. The van der Waals surface area contributed by atoms with Gasteiger partial charge in [-0.05, 0) is 42.8 Å². The zero-order chi connectivity index (χ0) is 14.4. The Balaban J connectivity index is 1.81. The average molecular weight is 274 g/mol. The number of likely N-dealkylation sites (tertiary alicyclic amines) is 1. The van der Waals surface area contributed by atoms with E-state index in [0.717, 1.165) is 19.0 Å². The zero-order valence-corrected chi connectivity index (χ0v) is 13.4. The van der Waals surface area contributed by atoms with Gasteiger partial charge in [0.05, 0.1) is 0 Å². The predicted molar refractivity (Wildman–Crippen MR) is 87.2 cm³/mol. The van der Waals surface area contributed by atoms with Crippen molar-refractivity contribution in [2.75, 3.05) is 32.7 Å². The normalized spacial score (nSPS) is 20.4. The lowest BCUT2D eigenvalue weighted by Crippen LogP contribution is -2.39. The van der Waals surface area contributed by atoms with E-state index in [1.54, 1.807) is 0 Å². The third-order valence-electron chi connectivity index (χ3n) is 4.23. The highest BCUT2D eigenvalue weighted by Gasteiger charge is 2.28. The van der Waals surface area contributed by atoms with Gasteiger partial charge in [-0.25, -0.2) is 0 Å². The van der Waals surface area contributed by atoms with Crippen LogP contribution in [0, 0.1) is 5.41 Å². The first-order valence-corrected chi connectivity index (χ1v) is 8.09. The highest BCUT2D eigenvalue weighted by Crippen LogP contribution is 2.29. The molecule has 1 aliphatic rings. The second-order valence-corrected chi connectivity index (χ2v) is 6.97. The fraction of sp³-hybridized carbons (Fsp3) is 0.667. The summed E-state index contributed by atoms with van der Waals surface area (Å²) < 4.78 is 0. The van der Waals surface area contributed by atoms with E-state index in [1.807, 2.05) is 0 Å². The minimum absolute atomic E-state index is 0.362. The van der Waals surface area contributed by atoms with E-state index in [-0.39, 0.29) is 0 Å². The van der Waals surface area contributed by atoms with Gasteiger partial charge in [0.25, 0.3) is 0 Å². The molecule has 1 fully saturated rings. The third-order valence-corrected chi connectivity index (χ3v) is 4.23. The van der Waals surface area contributed by atoms with Crippen molar-refractivity contribution in [3.63, 3.8) is 0 Å². The largest absolute Gasteiger partial charge is 0.316 e. The Morgan fingerprint density at radius 2 is 2.00 bits per heavy atom. The van der Waals surface area contributed by atoms with Crippen molar-refractivity contribution >= 4 is 0 Å². The summed E-state index contributed by atoms with van der Waals surface area (Å²) in [7, 11) is 0. The maximum atomic E-state index is 3.57. The molecule has 0 spiro atoms. The van der Waals surface area contributed by atoms with Gasteiger partial charge in [0, 0.05) is 19.6 Å². The highest BCUT2D eigenvalue weighted by molar-refractivity contribution is 5.21.